The molecule has 0 bridgehead atoms. The molecule has 0 aromatic heterocycles. The standard InChI is InChI=1S/C21H38O/c1-3-4-5-7-18-9-13-20(14-10-18)21-15-11-19(12-16-21)8-6-17-22-2/h6,8,18-21H,3-5,7,9-17H2,1-2H3/t18-,19-,20-,21-. The van der Waals surface area contributed by atoms with Crippen LogP contribution < -0.4 is 0 Å². The Hall–Kier alpha value is -0.300. The van der Waals surface area contributed by atoms with Crippen LogP contribution in [-0.2, 0) is 4.74 Å². The molecule has 0 aromatic carbocycles. The molecule has 1 heteroatoms. The second-order valence-corrected chi connectivity index (χ2v) is 7.83. The van der Waals surface area contributed by atoms with Gasteiger partial charge in [-0.1, -0.05) is 57.6 Å². The van der Waals surface area contributed by atoms with E-state index in [1.54, 1.807) is 7.11 Å². The van der Waals surface area contributed by atoms with Crippen LogP contribution in [-0.4, -0.2) is 13.7 Å². The fourth-order valence-corrected chi connectivity index (χ4v) is 4.78. The molecule has 0 amide bonds. The van der Waals surface area contributed by atoms with Gasteiger partial charge in [0, 0.05) is 7.11 Å². The van der Waals surface area contributed by atoms with Crippen molar-refractivity contribution in [2.75, 3.05) is 13.7 Å². The third kappa shape index (κ3) is 6.07. The van der Waals surface area contributed by atoms with E-state index in [4.69, 9.17) is 4.74 Å². The Kier molecular flexibility index (Phi) is 8.59. The molecule has 2 rings (SSSR count). The Morgan fingerprint density at radius 2 is 1.50 bits per heavy atom. The molecule has 0 N–H and O–H groups in total. The summed E-state index contributed by atoms with van der Waals surface area (Å²) in [4.78, 5) is 0. The number of hydrogen-bond acceptors (Lipinski definition) is 1. The van der Waals surface area contributed by atoms with Crippen molar-refractivity contribution < 1.29 is 4.74 Å². The van der Waals surface area contributed by atoms with Gasteiger partial charge in [-0.25, -0.2) is 0 Å². The molecule has 0 heterocycles. The van der Waals surface area contributed by atoms with Gasteiger partial charge < -0.3 is 4.74 Å². The molecule has 0 aromatic rings. The van der Waals surface area contributed by atoms with Crippen LogP contribution in [0.1, 0.15) is 84.0 Å². The highest BCUT2D eigenvalue weighted by Crippen LogP contribution is 2.42. The average Bonchev–Trinajstić information content (AvgIpc) is 2.57. The van der Waals surface area contributed by atoms with Crippen LogP contribution in [0.15, 0.2) is 12.2 Å². The number of unbranched alkanes of at least 4 members (excludes halogenated alkanes) is 2. The maximum atomic E-state index is 5.11. The Morgan fingerprint density at radius 3 is 2.09 bits per heavy atom. The highest BCUT2D eigenvalue weighted by Gasteiger charge is 2.30. The summed E-state index contributed by atoms with van der Waals surface area (Å²) in [5.41, 5.74) is 0. The zero-order valence-electron chi connectivity index (χ0n) is 15.1. The van der Waals surface area contributed by atoms with E-state index in [9.17, 15) is 0 Å². The summed E-state index contributed by atoms with van der Waals surface area (Å²) in [7, 11) is 1.78. The monoisotopic (exact) mass is 306 g/mol. The van der Waals surface area contributed by atoms with Crippen LogP contribution in [0.2, 0.25) is 0 Å². The molecule has 0 spiro atoms. The highest BCUT2D eigenvalue weighted by atomic mass is 16.5. The number of ether oxygens (including phenoxy) is 1. The van der Waals surface area contributed by atoms with Crippen LogP contribution >= 0.6 is 0 Å². The van der Waals surface area contributed by atoms with Crippen LogP contribution in [0, 0.1) is 23.7 Å². The summed E-state index contributed by atoms with van der Waals surface area (Å²) in [5.74, 6) is 4.00. The van der Waals surface area contributed by atoms with Crippen LogP contribution in [0.3, 0.4) is 0 Å². The minimum absolute atomic E-state index is 0.780. The van der Waals surface area contributed by atoms with Gasteiger partial charge in [-0.3, -0.25) is 0 Å². The van der Waals surface area contributed by atoms with Gasteiger partial charge in [0.05, 0.1) is 6.61 Å². The van der Waals surface area contributed by atoms with Gasteiger partial charge in [0.1, 0.15) is 0 Å². The summed E-state index contributed by atoms with van der Waals surface area (Å²) in [6.45, 7) is 3.10. The Morgan fingerprint density at radius 1 is 0.864 bits per heavy atom. The predicted molar refractivity (Wildman–Crippen MR) is 96.1 cm³/mol. The molecular weight excluding hydrogens is 268 g/mol. The van der Waals surface area contributed by atoms with Gasteiger partial charge in [0.2, 0.25) is 0 Å². The Bertz CT molecular complexity index is 293. The fourth-order valence-electron chi connectivity index (χ4n) is 4.78. The lowest BCUT2D eigenvalue weighted by Gasteiger charge is -2.37. The van der Waals surface area contributed by atoms with E-state index >= 15 is 0 Å². The minimum atomic E-state index is 0.780. The van der Waals surface area contributed by atoms with Crippen molar-refractivity contribution in [3.8, 4) is 0 Å². The van der Waals surface area contributed by atoms with E-state index in [-0.39, 0.29) is 0 Å². The molecule has 0 aliphatic heterocycles. The SMILES string of the molecule is CCCCC[C@H]1CC[C@H]([C@H]2CC[C@H](C=CCOC)CC2)CC1. The largest absolute Gasteiger partial charge is 0.381 e. The van der Waals surface area contributed by atoms with Crippen molar-refractivity contribution >= 4 is 0 Å². The van der Waals surface area contributed by atoms with E-state index in [1.165, 1.54) is 77.0 Å². The van der Waals surface area contributed by atoms with Crippen LogP contribution in [0.5, 0.6) is 0 Å². The minimum Gasteiger partial charge on any atom is -0.381 e. The topological polar surface area (TPSA) is 9.23 Å². The molecule has 2 aliphatic rings. The molecule has 2 saturated carbocycles. The second-order valence-electron chi connectivity index (χ2n) is 7.83. The lowest BCUT2D eigenvalue weighted by molar-refractivity contribution is 0.151. The van der Waals surface area contributed by atoms with E-state index in [1.807, 2.05) is 0 Å². The van der Waals surface area contributed by atoms with Gasteiger partial charge in [-0.15, -0.1) is 0 Å². The van der Waals surface area contributed by atoms with Crippen molar-refractivity contribution in [2.45, 2.75) is 84.0 Å². The van der Waals surface area contributed by atoms with Gasteiger partial charge in [-0.05, 0) is 62.2 Å². The summed E-state index contributed by atoms with van der Waals surface area (Å²) in [6.07, 6.45) is 22.3. The first-order valence-corrected chi connectivity index (χ1v) is 9.99. The molecule has 1 nitrogen and oxygen atoms in total. The van der Waals surface area contributed by atoms with Gasteiger partial charge in [0.25, 0.3) is 0 Å². The quantitative estimate of drug-likeness (QED) is 0.373. The van der Waals surface area contributed by atoms with E-state index in [0.717, 1.165) is 30.3 Å². The molecule has 0 radical (unpaired) electrons. The number of rotatable bonds is 8. The Balaban J connectivity index is 1.62. The molecule has 0 saturated heterocycles. The normalized spacial score (nSPS) is 33.4. The fraction of sp³-hybridized carbons (Fsp3) is 0.905. The highest BCUT2D eigenvalue weighted by molar-refractivity contribution is 4.92. The summed E-state index contributed by atoms with van der Waals surface area (Å²) in [6, 6.07) is 0. The molecule has 0 unspecified atom stereocenters. The molecule has 0 atom stereocenters. The molecule has 128 valence electrons. The van der Waals surface area contributed by atoms with E-state index in [2.05, 4.69) is 19.1 Å². The molecule has 2 aliphatic carbocycles. The predicted octanol–water partition coefficient (Wildman–Crippen LogP) is 6.38. The van der Waals surface area contributed by atoms with Crippen LogP contribution in [0.25, 0.3) is 0 Å². The summed E-state index contributed by atoms with van der Waals surface area (Å²) >= 11 is 0. The third-order valence-electron chi connectivity index (χ3n) is 6.26. The van der Waals surface area contributed by atoms with Gasteiger partial charge >= 0.3 is 0 Å². The molecule has 22 heavy (non-hydrogen) atoms. The average molecular weight is 307 g/mol. The molecular formula is C21H38O. The van der Waals surface area contributed by atoms with E-state index in [0.29, 0.717) is 0 Å². The third-order valence-corrected chi connectivity index (χ3v) is 6.26. The number of allylic oxidation sites excluding steroid dienone is 1. The first kappa shape index (κ1) is 18.0. The summed E-state index contributed by atoms with van der Waals surface area (Å²) < 4.78 is 5.11. The van der Waals surface area contributed by atoms with Crippen molar-refractivity contribution in [1.82, 2.24) is 0 Å². The number of methoxy groups -OCH3 is 1. The maximum absolute atomic E-state index is 5.11. The lowest BCUT2D eigenvalue weighted by atomic mass is 9.68. The Labute approximate surface area is 138 Å². The van der Waals surface area contributed by atoms with Crippen LogP contribution in [0.4, 0.5) is 0 Å². The zero-order chi connectivity index (χ0) is 15.6. The van der Waals surface area contributed by atoms with Crippen molar-refractivity contribution in [1.29, 1.82) is 0 Å². The summed E-state index contributed by atoms with van der Waals surface area (Å²) in [5, 5.41) is 0. The smallest absolute Gasteiger partial charge is 0.0643 e. The number of hydrogen-bond donors (Lipinski definition) is 0. The molecule has 2 fully saturated rings. The van der Waals surface area contributed by atoms with Gasteiger partial charge in [-0.2, -0.15) is 0 Å². The first-order valence-electron chi connectivity index (χ1n) is 9.99. The first-order chi connectivity index (χ1) is 10.8. The lowest BCUT2D eigenvalue weighted by Crippen LogP contribution is -2.25. The van der Waals surface area contributed by atoms with Crippen molar-refractivity contribution in [3.63, 3.8) is 0 Å². The maximum Gasteiger partial charge on any atom is 0.0643 e. The van der Waals surface area contributed by atoms with Crippen molar-refractivity contribution in [3.05, 3.63) is 12.2 Å². The second kappa shape index (κ2) is 10.5. The van der Waals surface area contributed by atoms with Crippen molar-refractivity contribution in [2.24, 2.45) is 23.7 Å². The zero-order valence-corrected chi connectivity index (χ0v) is 15.1. The van der Waals surface area contributed by atoms with E-state index < -0.39 is 0 Å². The van der Waals surface area contributed by atoms with Gasteiger partial charge in [0.15, 0.2) is 0 Å².